The first kappa shape index (κ1) is 16.0. The van der Waals surface area contributed by atoms with Crippen molar-refractivity contribution in [2.75, 3.05) is 6.54 Å². The Labute approximate surface area is 147 Å². The quantitative estimate of drug-likeness (QED) is 0.677. The normalized spacial score (nSPS) is 17.9. The standard InChI is InChI=1S/C21H21FN2O/c22-18-9-4-6-16(12-18)13-19-10-5-11-24(19)15-20-14-21(23-25-20)17-7-2-1-3-8-17/h1-4,6-9,12,14,19H,5,10-11,13,15H2/t19-/m0/s1. The van der Waals surface area contributed by atoms with E-state index in [9.17, 15) is 4.39 Å². The van der Waals surface area contributed by atoms with Crippen LogP contribution in [0.4, 0.5) is 4.39 Å². The largest absolute Gasteiger partial charge is 0.359 e. The van der Waals surface area contributed by atoms with Gasteiger partial charge in [-0.2, -0.15) is 0 Å². The van der Waals surface area contributed by atoms with Crippen LogP contribution < -0.4 is 0 Å². The lowest BCUT2D eigenvalue weighted by molar-refractivity contribution is 0.214. The van der Waals surface area contributed by atoms with Crippen molar-refractivity contribution in [1.82, 2.24) is 10.1 Å². The van der Waals surface area contributed by atoms with Crippen molar-refractivity contribution in [2.24, 2.45) is 0 Å². The van der Waals surface area contributed by atoms with Crippen molar-refractivity contribution in [1.29, 1.82) is 0 Å². The van der Waals surface area contributed by atoms with Gasteiger partial charge in [-0.05, 0) is 43.5 Å². The second-order valence-corrected chi connectivity index (χ2v) is 6.65. The van der Waals surface area contributed by atoms with E-state index >= 15 is 0 Å². The molecule has 128 valence electrons. The van der Waals surface area contributed by atoms with Crippen molar-refractivity contribution >= 4 is 0 Å². The predicted molar refractivity (Wildman–Crippen MR) is 95.5 cm³/mol. The Morgan fingerprint density at radius 3 is 2.80 bits per heavy atom. The van der Waals surface area contributed by atoms with Gasteiger partial charge >= 0.3 is 0 Å². The van der Waals surface area contributed by atoms with Crippen LogP contribution in [0.15, 0.2) is 65.2 Å². The Balaban J connectivity index is 1.44. The summed E-state index contributed by atoms with van der Waals surface area (Å²) in [4.78, 5) is 2.42. The average molecular weight is 336 g/mol. The van der Waals surface area contributed by atoms with Gasteiger partial charge in [-0.3, -0.25) is 4.90 Å². The third-order valence-corrected chi connectivity index (χ3v) is 4.85. The molecule has 0 aliphatic carbocycles. The summed E-state index contributed by atoms with van der Waals surface area (Å²) in [7, 11) is 0. The predicted octanol–water partition coefficient (Wildman–Crippen LogP) is 4.69. The maximum atomic E-state index is 13.4. The summed E-state index contributed by atoms with van der Waals surface area (Å²) in [6.45, 7) is 1.79. The molecule has 4 rings (SSSR count). The number of nitrogens with zero attached hydrogens (tertiary/aromatic N) is 2. The maximum Gasteiger partial charge on any atom is 0.151 e. The number of benzene rings is 2. The second kappa shape index (κ2) is 7.19. The van der Waals surface area contributed by atoms with E-state index in [1.807, 2.05) is 42.5 Å². The Morgan fingerprint density at radius 1 is 1.08 bits per heavy atom. The summed E-state index contributed by atoms with van der Waals surface area (Å²) in [5, 5.41) is 4.20. The van der Waals surface area contributed by atoms with Crippen molar-refractivity contribution in [3.8, 4) is 11.3 Å². The summed E-state index contributed by atoms with van der Waals surface area (Å²) >= 11 is 0. The van der Waals surface area contributed by atoms with Crippen molar-refractivity contribution in [3.63, 3.8) is 0 Å². The van der Waals surface area contributed by atoms with E-state index in [0.29, 0.717) is 6.04 Å². The van der Waals surface area contributed by atoms with Gasteiger partial charge in [-0.1, -0.05) is 47.6 Å². The molecule has 1 aliphatic heterocycles. The van der Waals surface area contributed by atoms with Crippen molar-refractivity contribution in [3.05, 3.63) is 77.8 Å². The number of aromatic nitrogens is 1. The average Bonchev–Trinajstić information content (AvgIpc) is 3.26. The van der Waals surface area contributed by atoms with Gasteiger partial charge in [-0.15, -0.1) is 0 Å². The molecule has 2 heterocycles. The Morgan fingerprint density at radius 2 is 1.96 bits per heavy atom. The van der Waals surface area contributed by atoms with Gasteiger partial charge in [0.05, 0.1) is 6.54 Å². The van der Waals surface area contributed by atoms with Gasteiger partial charge in [0.1, 0.15) is 11.5 Å². The first-order chi connectivity index (χ1) is 12.3. The molecule has 2 aromatic carbocycles. The number of likely N-dealkylation sites (tertiary alicyclic amines) is 1. The first-order valence-electron chi connectivity index (χ1n) is 8.77. The van der Waals surface area contributed by atoms with Crippen LogP contribution in [0, 0.1) is 5.82 Å². The molecule has 0 bridgehead atoms. The molecule has 3 nitrogen and oxygen atoms in total. The molecule has 25 heavy (non-hydrogen) atoms. The summed E-state index contributed by atoms with van der Waals surface area (Å²) in [6.07, 6.45) is 3.17. The third-order valence-electron chi connectivity index (χ3n) is 4.85. The zero-order valence-electron chi connectivity index (χ0n) is 14.1. The summed E-state index contributed by atoms with van der Waals surface area (Å²) in [6, 6.07) is 19.4. The Hall–Kier alpha value is -2.46. The summed E-state index contributed by atoms with van der Waals surface area (Å²) in [5.41, 5.74) is 2.99. The fourth-order valence-corrected chi connectivity index (χ4v) is 3.60. The second-order valence-electron chi connectivity index (χ2n) is 6.65. The zero-order chi connectivity index (χ0) is 17.1. The maximum absolute atomic E-state index is 13.4. The zero-order valence-corrected chi connectivity index (χ0v) is 14.1. The molecule has 4 heteroatoms. The van der Waals surface area contributed by atoms with E-state index < -0.39 is 0 Å². The van der Waals surface area contributed by atoms with Crippen LogP contribution in [0.1, 0.15) is 24.2 Å². The molecule has 0 saturated carbocycles. The summed E-state index contributed by atoms with van der Waals surface area (Å²) in [5.74, 6) is 0.717. The first-order valence-corrected chi connectivity index (χ1v) is 8.77. The highest BCUT2D eigenvalue weighted by Gasteiger charge is 2.26. The van der Waals surface area contributed by atoms with E-state index in [2.05, 4.69) is 10.1 Å². The fraction of sp³-hybridized carbons (Fsp3) is 0.286. The van der Waals surface area contributed by atoms with E-state index in [-0.39, 0.29) is 5.82 Å². The SMILES string of the molecule is Fc1cccc(C[C@@H]2CCCN2Cc2cc(-c3ccccc3)no2)c1. The molecule has 0 radical (unpaired) electrons. The molecule has 1 aliphatic rings. The van der Waals surface area contributed by atoms with E-state index in [1.165, 1.54) is 12.5 Å². The van der Waals surface area contributed by atoms with Crippen molar-refractivity contribution in [2.45, 2.75) is 31.8 Å². The monoisotopic (exact) mass is 336 g/mol. The van der Waals surface area contributed by atoms with Gasteiger partial charge in [0, 0.05) is 17.7 Å². The molecular weight excluding hydrogens is 315 g/mol. The third kappa shape index (κ3) is 3.80. The molecule has 1 atom stereocenters. The highest BCUT2D eigenvalue weighted by molar-refractivity contribution is 5.58. The minimum atomic E-state index is -0.162. The molecule has 0 N–H and O–H groups in total. The molecule has 1 aromatic heterocycles. The van der Waals surface area contributed by atoms with Crippen molar-refractivity contribution < 1.29 is 8.91 Å². The van der Waals surface area contributed by atoms with Crippen LogP contribution >= 0.6 is 0 Å². The van der Waals surface area contributed by atoms with Gasteiger partial charge in [0.2, 0.25) is 0 Å². The lowest BCUT2D eigenvalue weighted by atomic mass is 10.0. The van der Waals surface area contributed by atoms with Crippen LogP contribution in [0.3, 0.4) is 0 Å². The van der Waals surface area contributed by atoms with Gasteiger partial charge in [0.15, 0.2) is 5.76 Å². The van der Waals surface area contributed by atoms with Crippen LogP contribution in [-0.4, -0.2) is 22.6 Å². The molecule has 1 saturated heterocycles. The number of hydrogen-bond donors (Lipinski definition) is 0. The van der Waals surface area contributed by atoms with Gasteiger partial charge in [0.25, 0.3) is 0 Å². The number of hydrogen-bond acceptors (Lipinski definition) is 3. The number of halogens is 1. The Kier molecular flexibility index (Phi) is 4.61. The smallest absolute Gasteiger partial charge is 0.151 e. The minimum Gasteiger partial charge on any atom is -0.359 e. The molecule has 0 unspecified atom stereocenters. The molecule has 1 fully saturated rings. The van der Waals surface area contributed by atoms with Gasteiger partial charge in [-0.25, -0.2) is 4.39 Å². The van der Waals surface area contributed by atoms with Crippen LogP contribution in [-0.2, 0) is 13.0 Å². The molecule has 0 amide bonds. The summed E-state index contributed by atoms with van der Waals surface area (Å²) < 4.78 is 19.0. The highest BCUT2D eigenvalue weighted by atomic mass is 19.1. The van der Waals surface area contributed by atoms with Gasteiger partial charge < -0.3 is 4.52 Å². The number of rotatable bonds is 5. The minimum absolute atomic E-state index is 0.162. The lowest BCUT2D eigenvalue weighted by Gasteiger charge is -2.23. The van der Waals surface area contributed by atoms with E-state index in [0.717, 1.165) is 48.5 Å². The van der Waals surface area contributed by atoms with Crippen LogP contribution in [0.5, 0.6) is 0 Å². The lowest BCUT2D eigenvalue weighted by Crippen LogP contribution is -2.30. The van der Waals surface area contributed by atoms with Crippen LogP contribution in [0.25, 0.3) is 11.3 Å². The Bertz CT molecular complexity index is 831. The van der Waals surface area contributed by atoms with E-state index in [4.69, 9.17) is 4.52 Å². The highest BCUT2D eigenvalue weighted by Crippen LogP contribution is 2.25. The molecule has 3 aromatic rings. The van der Waals surface area contributed by atoms with E-state index in [1.54, 1.807) is 12.1 Å². The fourth-order valence-electron chi connectivity index (χ4n) is 3.60. The van der Waals surface area contributed by atoms with Crippen LogP contribution in [0.2, 0.25) is 0 Å². The molecule has 0 spiro atoms. The molecular formula is C21H21FN2O. The topological polar surface area (TPSA) is 29.3 Å².